The lowest BCUT2D eigenvalue weighted by Crippen LogP contribution is -2.58. The molecule has 312 valence electrons. The first-order chi connectivity index (χ1) is 27.6. The molecule has 2 saturated carbocycles. The normalized spacial score (nSPS) is 25.9. The van der Waals surface area contributed by atoms with Gasteiger partial charge in [0.15, 0.2) is 0 Å². The van der Waals surface area contributed by atoms with Crippen LogP contribution in [0, 0.1) is 5.92 Å². The van der Waals surface area contributed by atoms with Crippen LogP contribution in [0.15, 0.2) is 60.7 Å². The number of hydrogen-bond acceptors (Lipinski definition) is 9. The van der Waals surface area contributed by atoms with E-state index in [1.165, 1.54) is 4.90 Å². The van der Waals surface area contributed by atoms with Gasteiger partial charge in [-0.1, -0.05) is 49.3 Å². The summed E-state index contributed by atoms with van der Waals surface area (Å²) in [6.07, 6.45) is 8.23. The topological polar surface area (TPSA) is 193 Å². The molecule has 16 heteroatoms. The number of imidazole rings is 1. The number of anilines is 2. The van der Waals surface area contributed by atoms with Crippen LogP contribution in [0.1, 0.15) is 98.4 Å². The third-order valence-corrected chi connectivity index (χ3v) is 13.9. The molecule has 2 aromatic carbocycles. The number of urea groups is 1. The van der Waals surface area contributed by atoms with Crippen molar-refractivity contribution in [2.75, 3.05) is 17.2 Å². The Bertz CT molecular complexity index is 2180. The summed E-state index contributed by atoms with van der Waals surface area (Å²) in [7, 11) is -3.98. The average Bonchev–Trinajstić information content (AvgIpc) is 3.98. The van der Waals surface area contributed by atoms with Gasteiger partial charge in [0, 0.05) is 30.1 Å². The number of para-hydroxylation sites is 2. The van der Waals surface area contributed by atoms with Crippen molar-refractivity contribution in [3.8, 4) is 6.01 Å². The summed E-state index contributed by atoms with van der Waals surface area (Å²) in [5, 5.41) is 12.1. The number of sulfonamides is 1. The van der Waals surface area contributed by atoms with Crippen LogP contribution in [0.25, 0.3) is 11.0 Å². The first kappa shape index (κ1) is 41.1. The van der Waals surface area contributed by atoms with Gasteiger partial charge in [-0.3, -0.25) is 23.7 Å². The molecule has 5 atom stereocenters. The molecule has 58 heavy (non-hydrogen) atoms. The highest BCUT2D eigenvalue weighted by Gasteiger charge is 2.63. The molecular formula is C42H56N8O7S. The largest absolute Gasteiger partial charge is 0.459 e. The van der Waals surface area contributed by atoms with Gasteiger partial charge in [0.25, 0.3) is 11.9 Å². The molecular weight excluding hydrogens is 761 g/mol. The molecule has 3 aromatic rings. The minimum atomic E-state index is -3.98. The fourth-order valence-electron chi connectivity index (χ4n) is 8.03. The van der Waals surface area contributed by atoms with E-state index in [9.17, 15) is 27.6 Å². The Labute approximate surface area is 340 Å². The van der Waals surface area contributed by atoms with Crippen LogP contribution in [-0.2, 0) is 24.4 Å². The maximum atomic E-state index is 14.8. The quantitative estimate of drug-likeness (QED) is 0.167. The minimum absolute atomic E-state index is 0.0579. The van der Waals surface area contributed by atoms with E-state index in [4.69, 9.17) is 9.72 Å². The van der Waals surface area contributed by atoms with E-state index in [-0.39, 0.29) is 49.4 Å². The number of carbonyl (C=O) groups is 4. The molecule has 5 N–H and O–H groups in total. The molecule has 15 nitrogen and oxygen atoms in total. The van der Waals surface area contributed by atoms with Crippen molar-refractivity contribution in [1.82, 2.24) is 29.8 Å². The van der Waals surface area contributed by atoms with E-state index in [0.717, 1.165) is 36.9 Å². The summed E-state index contributed by atoms with van der Waals surface area (Å²) in [5.74, 6) is -2.02. The first-order valence-corrected chi connectivity index (χ1v) is 22.0. The number of amides is 5. The lowest BCUT2D eigenvalue weighted by Gasteiger charge is -2.30. The van der Waals surface area contributed by atoms with Gasteiger partial charge in [0.2, 0.25) is 21.8 Å². The molecule has 2 aliphatic heterocycles. The molecule has 5 amide bonds. The monoisotopic (exact) mass is 816 g/mol. The molecule has 2 aliphatic carbocycles. The van der Waals surface area contributed by atoms with Gasteiger partial charge in [0.05, 0.1) is 22.5 Å². The van der Waals surface area contributed by atoms with Gasteiger partial charge in [-0.05, 0) is 97.4 Å². The van der Waals surface area contributed by atoms with Gasteiger partial charge >= 0.3 is 6.03 Å². The van der Waals surface area contributed by atoms with Crippen LogP contribution < -0.4 is 30.7 Å². The number of nitrogens with zero attached hydrogens (tertiary/aromatic N) is 3. The minimum Gasteiger partial charge on any atom is -0.459 e. The first-order valence-electron chi connectivity index (χ1n) is 20.5. The molecule has 0 bridgehead atoms. The number of hydrogen-bond donors (Lipinski definition) is 5. The lowest BCUT2D eigenvalue weighted by molar-refractivity contribution is -0.140. The van der Waals surface area contributed by atoms with Crippen molar-refractivity contribution >= 4 is 56.2 Å². The second kappa shape index (κ2) is 16.3. The highest BCUT2D eigenvalue weighted by Crippen LogP contribution is 2.47. The van der Waals surface area contributed by atoms with Gasteiger partial charge in [0.1, 0.15) is 29.2 Å². The van der Waals surface area contributed by atoms with Crippen molar-refractivity contribution in [2.45, 2.75) is 133 Å². The highest BCUT2D eigenvalue weighted by atomic mass is 32.2. The number of ether oxygens (including phenoxy) is 1. The number of rotatable bonds is 10. The van der Waals surface area contributed by atoms with Gasteiger partial charge in [-0.15, -0.1) is 0 Å². The van der Waals surface area contributed by atoms with E-state index in [0.29, 0.717) is 30.5 Å². The Hall–Kier alpha value is -5.12. The SMILES string of the molecule is CC(C)NC(=O)Nc1cccc2c1nc(O[C@@H]1C[C@H]3C(=O)N[C@]4(C(=O)NS(=O)(=O)C5(C)CC5)C[C@H]4C=CCCCCC[C@H](Nc4ccccc4)C(=O)N3C1)n2C(C)C. The summed E-state index contributed by atoms with van der Waals surface area (Å²) in [5.41, 5.74) is 1.04. The Morgan fingerprint density at radius 2 is 1.76 bits per heavy atom. The molecule has 4 aliphatic rings. The van der Waals surface area contributed by atoms with E-state index in [1.807, 2.05) is 86.9 Å². The number of benzene rings is 2. The van der Waals surface area contributed by atoms with Gasteiger partial charge in [-0.25, -0.2) is 13.2 Å². The zero-order valence-electron chi connectivity index (χ0n) is 33.9. The van der Waals surface area contributed by atoms with Crippen molar-refractivity contribution < 1.29 is 32.3 Å². The Kier molecular flexibility index (Phi) is 11.5. The smallest absolute Gasteiger partial charge is 0.319 e. The summed E-state index contributed by atoms with van der Waals surface area (Å²) >= 11 is 0. The van der Waals surface area contributed by atoms with Crippen molar-refractivity contribution in [2.24, 2.45) is 5.92 Å². The Morgan fingerprint density at radius 3 is 2.47 bits per heavy atom. The summed E-state index contributed by atoms with van der Waals surface area (Å²) in [6, 6.07) is 13.0. The molecule has 0 unspecified atom stereocenters. The van der Waals surface area contributed by atoms with Crippen LogP contribution in [0.4, 0.5) is 16.2 Å². The average molecular weight is 817 g/mol. The predicted molar refractivity (Wildman–Crippen MR) is 222 cm³/mol. The molecule has 3 heterocycles. The van der Waals surface area contributed by atoms with Gasteiger partial charge in [-0.2, -0.15) is 4.98 Å². The van der Waals surface area contributed by atoms with E-state index < -0.39 is 56.2 Å². The highest BCUT2D eigenvalue weighted by molar-refractivity contribution is 7.91. The molecule has 7 rings (SSSR count). The maximum Gasteiger partial charge on any atom is 0.319 e. The Balaban J connectivity index is 1.21. The second-order valence-corrected chi connectivity index (χ2v) is 19.2. The van der Waals surface area contributed by atoms with Crippen LogP contribution in [0.2, 0.25) is 0 Å². The third-order valence-electron chi connectivity index (χ3n) is 11.7. The molecule has 1 saturated heterocycles. The number of carbonyl (C=O) groups excluding carboxylic acids is 4. The molecule has 3 fully saturated rings. The second-order valence-electron chi connectivity index (χ2n) is 17.1. The summed E-state index contributed by atoms with van der Waals surface area (Å²) < 4.78 is 36.3. The standard InChI is InChI=1S/C42H56N8O7S/c1-26(2)43-39(54)45-31-19-14-20-33-35(31)46-40(50(33)27(3)4)57-30-23-34-36(51)47-42(38(53)48-58(55,56)41(5)21-22-41)24-28(42)15-10-7-6-8-13-18-32(37(52)49(34)25-30)44-29-16-11-9-12-17-29/h9-12,14-17,19-20,26-28,30,32,34,44H,6-8,13,18,21-25H2,1-5H3,(H,47,51)(H,48,53)(H2,43,45,54)/t28-,30-,32+,34+,42-/m1/s1. The van der Waals surface area contributed by atoms with E-state index >= 15 is 0 Å². The van der Waals surface area contributed by atoms with Crippen molar-refractivity contribution in [1.29, 1.82) is 0 Å². The van der Waals surface area contributed by atoms with E-state index in [2.05, 4.69) is 26.0 Å². The van der Waals surface area contributed by atoms with Crippen molar-refractivity contribution in [3.05, 3.63) is 60.7 Å². The third kappa shape index (κ3) is 8.52. The number of nitrogens with one attached hydrogen (secondary N) is 5. The van der Waals surface area contributed by atoms with Crippen LogP contribution in [-0.4, -0.2) is 87.7 Å². The zero-order chi connectivity index (χ0) is 41.4. The fraction of sp³-hybridized carbons (Fsp3) is 0.548. The fourth-order valence-corrected chi connectivity index (χ4v) is 9.34. The Morgan fingerprint density at radius 1 is 1.00 bits per heavy atom. The predicted octanol–water partition coefficient (Wildman–Crippen LogP) is 5.37. The van der Waals surface area contributed by atoms with Crippen LogP contribution in [0.5, 0.6) is 6.01 Å². The van der Waals surface area contributed by atoms with Crippen molar-refractivity contribution in [3.63, 3.8) is 0 Å². The lowest BCUT2D eigenvalue weighted by atomic mass is 10.0. The van der Waals surface area contributed by atoms with Crippen LogP contribution in [0.3, 0.4) is 0 Å². The van der Waals surface area contributed by atoms with Crippen LogP contribution >= 0.6 is 0 Å². The summed E-state index contributed by atoms with van der Waals surface area (Å²) in [4.78, 5) is 62.4. The molecule has 0 radical (unpaired) electrons. The van der Waals surface area contributed by atoms with Gasteiger partial charge < -0.3 is 30.9 Å². The number of aromatic nitrogens is 2. The maximum absolute atomic E-state index is 14.8. The number of allylic oxidation sites excluding steroid dienone is 1. The number of fused-ring (bicyclic) bond motifs is 3. The summed E-state index contributed by atoms with van der Waals surface area (Å²) in [6.45, 7) is 9.38. The molecule has 0 spiro atoms. The zero-order valence-corrected chi connectivity index (χ0v) is 34.7. The molecule has 1 aromatic heterocycles. The van der Waals surface area contributed by atoms with E-state index in [1.54, 1.807) is 13.0 Å².